The second-order valence-corrected chi connectivity index (χ2v) is 11.0. The van der Waals surface area contributed by atoms with Crippen molar-refractivity contribution in [3.63, 3.8) is 0 Å². The minimum atomic E-state index is -3.87. The lowest BCUT2D eigenvalue weighted by molar-refractivity contribution is -0.144. The van der Waals surface area contributed by atoms with E-state index >= 15 is 0 Å². The Morgan fingerprint density at radius 2 is 1.94 bits per heavy atom. The highest BCUT2D eigenvalue weighted by molar-refractivity contribution is 7.89. The first kappa shape index (κ1) is 26.1. The van der Waals surface area contributed by atoms with Gasteiger partial charge in [-0.3, -0.25) is 4.79 Å². The van der Waals surface area contributed by atoms with Gasteiger partial charge in [0, 0.05) is 30.1 Å². The number of aliphatic hydroxyl groups is 1. The summed E-state index contributed by atoms with van der Waals surface area (Å²) in [6.45, 7) is -0.476. The van der Waals surface area contributed by atoms with E-state index in [1.807, 2.05) is 24.3 Å². The molecule has 1 aromatic heterocycles. The predicted octanol–water partition coefficient (Wildman–Crippen LogP) is 2.81. The maximum Gasteiger partial charge on any atom is 0.283 e. The number of benzene rings is 2. The number of hydrogen-bond donors (Lipinski definition) is 2. The molecule has 0 spiro atoms. The van der Waals surface area contributed by atoms with Crippen LogP contribution in [0.2, 0.25) is 0 Å². The van der Waals surface area contributed by atoms with Crippen molar-refractivity contribution in [1.82, 2.24) is 4.31 Å². The zero-order valence-corrected chi connectivity index (χ0v) is 21.3. The van der Waals surface area contributed by atoms with E-state index < -0.39 is 22.2 Å². The molecule has 2 atom stereocenters. The summed E-state index contributed by atoms with van der Waals surface area (Å²) < 4.78 is 45.1. The number of hydrogen-bond acceptors (Lipinski definition) is 8. The first-order valence-corrected chi connectivity index (χ1v) is 13.7. The van der Waals surface area contributed by atoms with Gasteiger partial charge in [-0.15, -0.1) is 11.3 Å². The molecule has 11 heteroatoms. The van der Waals surface area contributed by atoms with Gasteiger partial charge in [0.2, 0.25) is 16.3 Å². The summed E-state index contributed by atoms with van der Waals surface area (Å²) in [7, 11) is -2.38. The summed E-state index contributed by atoms with van der Waals surface area (Å²) in [5.74, 6) is -0.299. The molecule has 4 rings (SSSR count). The Kier molecular flexibility index (Phi) is 8.27. The van der Waals surface area contributed by atoms with Gasteiger partial charge < -0.3 is 25.1 Å². The van der Waals surface area contributed by atoms with Crippen molar-refractivity contribution in [3.8, 4) is 5.75 Å². The van der Waals surface area contributed by atoms with Crippen LogP contribution in [0.25, 0.3) is 10.1 Å². The highest BCUT2D eigenvalue weighted by atomic mass is 32.2. The standard InChI is InChI=1S/C25H28N2O7S2/c1-32-18-6-8-19(9-7-18)36(30,31)27(10-12-28)11-13-33-24-15-17(14-22(34-24)25(26)29)21-16-35-23-5-3-2-4-20(21)23/h2-9,14,16-17,24,28H,10-13,15H2,1H3,(H2,26,29)/t17-,24+/m0/s1. The minimum absolute atomic E-state index is 0.0107. The van der Waals surface area contributed by atoms with Gasteiger partial charge in [0.15, 0.2) is 5.76 Å². The van der Waals surface area contributed by atoms with E-state index in [4.69, 9.17) is 19.9 Å². The lowest BCUT2D eigenvalue weighted by Crippen LogP contribution is -2.38. The van der Waals surface area contributed by atoms with E-state index in [2.05, 4.69) is 5.38 Å². The van der Waals surface area contributed by atoms with Crippen LogP contribution in [0.15, 0.2) is 70.6 Å². The topological polar surface area (TPSA) is 128 Å². The van der Waals surface area contributed by atoms with Crippen molar-refractivity contribution in [3.05, 3.63) is 71.3 Å². The van der Waals surface area contributed by atoms with E-state index in [0.29, 0.717) is 12.2 Å². The van der Waals surface area contributed by atoms with Crippen LogP contribution in [-0.4, -0.2) is 63.4 Å². The van der Waals surface area contributed by atoms with Gasteiger partial charge in [0.25, 0.3) is 5.91 Å². The third-order valence-electron chi connectivity index (χ3n) is 5.90. The lowest BCUT2D eigenvalue weighted by atomic mass is 9.92. The second-order valence-electron chi connectivity index (χ2n) is 8.15. The van der Waals surface area contributed by atoms with Crippen molar-refractivity contribution in [1.29, 1.82) is 0 Å². The number of methoxy groups -OCH3 is 1. The number of primary amides is 1. The van der Waals surface area contributed by atoms with Crippen LogP contribution in [-0.2, 0) is 24.3 Å². The predicted molar refractivity (Wildman–Crippen MR) is 136 cm³/mol. The Hall–Kier alpha value is -2.96. The molecule has 1 aliphatic heterocycles. The number of rotatable bonds is 11. The van der Waals surface area contributed by atoms with E-state index in [0.717, 1.165) is 20.0 Å². The molecular weight excluding hydrogens is 504 g/mol. The van der Waals surface area contributed by atoms with Gasteiger partial charge in [-0.1, -0.05) is 18.2 Å². The van der Waals surface area contributed by atoms with Crippen LogP contribution in [0, 0.1) is 0 Å². The van der Waals surface area contributed by atoms with E-state index in [1.54, 1.807) is 29.5 Å². The minimum Gasteiger partial charge on any atom is -0.497 e. The van der Waals surface area contributed by atoms with Gasteiger partial charge in [0.1, 0.15) is 5.75 Å². The van der Waals surface area contributed by atoms with Crippen molar-refractivity contribution in [2.75, 3.05) is 33.4 Å². The van der Waals surface area contributed by atoms with Crippen molar-refractivity contribution >= 4 is 37.4 Å². The van der Waals surface area contributed by atoms with Crippen LogP contribution in [0.4, 0.5) is 0 Å². The van der Waals surface area contributed by atoms with E-state index in [-0.39, 0.29) is 42.9 Å². The van der Waals surface area contributed by atoms with Crippen molar-refractivity contribution < 1.29 is 32.5 Å². The number of carbonyl (C=O) groups excluding carboxylic acids is 1. The SMILES string of the molecule is COc1ccc(S(=O)(=O)N(CCO)CCO[C@H]2C[C@@H](c3csc4ccccc34)C=C(C(N)=O)O2)cc1. The van der Waals surface area contributed by atoms with E-state index in [1.165, 1.54) is 19.2 Å². The highest BCUT2D eigenvalue weighted by Crippen LogP contribution is 2.38. The van der Waals surface area contributed by atoms with Crippen LogP contribution < -0.4 is 10.5 Å². The molecular formula is C25H28N2O7S2. The van der Waals surface area contributed by atoms with Gasteiger partial charge >= 0.3 is 0 Å². The fourth-order valence-electron chi connectivity index (χ4n) is 4.08. The fraction of sp³-hybridized carbons (Fsp3) is 0.320. The lowest BCUT2D eigenvalue weighted by Gasteiger charge is -2.29. The van der Waals surface area contributed by atoms with Gasteiger partial charge in [-0.2, -0.15) is 4.31 Å². The molecule has 0 saturated carbocycles. The van der Waals surface area contributed by atoms with Crippen LogP contribution >= 0.6 is 11.3 Å². The van der Waals surface area contributed by atoms with Gasteiger partial charge in [-0.25, -0.2) is 8.42 Å². The molecule has 1 aliphatic rings. The fourth-order valence-corrected chi connectivity index (χ4v) is 6.52. The smallest absolute Gasteiger partial charge is 0.283 e. The summed E-state index contributed by atoms with van der Waals surface area (Å²) in [6, 6.07) is 14.0. The van der Waals surface area contributed by atoms with Crippen molar-refractivity contribution in [2.24, 2.45) is 5.73 Å². The number of allylic oxidation sites excluding steroid dienone is 1. The summed E-state index contributed by atoms with van der Waals surface area (Å²) in [5.41, 5.74) is 6.56. The molecule has 3 aromatic rings. The molecule has 36 heavy (non-hydrogen) atoms. The number of aliphatic hydroxyl groups excluding tert-OH is 1. The summed E-state index contributed by atoms with van der Waals surface area (Å²) >= 11 is 1.62. The molecule has 2 heterocycles. The molecule has 0 aliphatic carbocycles. The van der Waals surface area contributed by atoms with Gasteiger partial charge in [0.05, 0.1) is 25.2 Å². The average molecular weight is 533 g/mol. The molecule has 0 saturated heterocycles. The maximum absolute atomic E-state index is 13.1. The largest absolute Gasteiger partial charge is 0.497 e. The Morgan fingerprint density at radius 1 is 1.19 bits per heavy atom. The Labute approximate surface area is 213 Å². The summed E-state index contributed by atoms with van der Waals surface area (Å²) in [6.07, 6.45) is 1.35. The molecule has 0 bridgehead atoms. The number of nitrogens with zero attached hydrogens (tertiary/aromatic N) is 1. The number of sulfonamides is 1. The summed E-state index contributed by atoms with van der Waals surface area (Å²) in [5, 5.41) is 12.6. The Balaban J connectivity index is 1.46. The van der Waals surface area contributed by atoms with Crippen LogP contribution in [0.5, 0.6) is 5.75 Å². The molecule has 3 N–H and O–H groups in total. The molecule has 0 unspecified atom stereocenters. The maximum atomic E-state index is 13.1. The molecule has 0 fully saturated rings. The number of thiophene rings is 1. The van der Waals surface area contributed by atoms with Gasteiger partial charge in [-0.05, 0) is 52.7 Å². The first-order chi connectivity index (χ1) is 17.3. The molecule has 192 valence electrons. The first-order valence-electron chi connectivity index (χ1n) is 11.3. The number of ether oxygens (including phenoxy) is 3. The van der Waals surface area contributed by atoms with Crippen molar-refractivity contribution in [2.45, 2.75) is 23.5 Å². The number of fused-ring (bicyclic) bond motifs is 1. The zero-order valence-electron chi connectivity index (χ0n) is 19.7. The quantitative estimate of drug-likeness (QED) is 0.389. The third kappa shape index (κ3) is 5.71. The second kappa shape index (κ2) is 11.4. The zero-order chi connectivity index (χ0) is 25.7. The monoisotopic (exact) mass is 532 g/mol. The summed E-state index contributed by atoms with van der Waals surface area (Å²) in [4.78, 5) is 12.0. The molecule has 2 aromatic carbocycles. The number of carbonyl (C=O) groups is 1. The Bertz CT molecular complexity index is 1340. The molecule has 9 nitrogen and oxygen atoms in total. The number of nitrogens with two attached hydrogens (primary N) is 1. The molecule has 1 amide bonds. The normalized spacial score (nSPS) is 18.1. The van der Waals surface area contributed by atoms with E-state index in [9.17, 15) is 18.3 Å². The Morgan fingerprint density at radius 3 is 2.64 bits per heavy atom. The van der Waals surface area contributed by atoms with Crippen LogP contribution in [0.3, 0.4) is 0 Å². The number of amides is 1. The van der Waals surface area contributed by atoms with Crippen LogP contribution in [0.1, 0.15) is 17.9 Å². The average Bonchev–Trinajstić information content (AvgIpc) is 3.32. The molecule has 0 radical (unpaired) electrons. The third-order valence-corrected chi connectivity index (χ3v) is 8.80. The highest BCUT2D eigenvalue weighted by Gasteiger charge is 2.30.